The number of benzene rings is 2. The number of carbonyl (C=O) groups excluding carboxylic acids is 4. The molecule has 212 valence electrons. The molecule has 0 saturated heterocycles. The van der Waals surface area contributed by atoms with E-state index in [0.717, 1.165) is 14.2 Å². The van der Waals surface area contributed by atoms with E-state index in [4.69, 9.17) is 18.9 Å². The lowest BCUT2D eigenvalue weighted by Crippen LogP contribution is -2.31. The van der Waals surface area contributed by atoms with Crippen LogP contribution in [0.4, 0.5) is 0 Å². The van der Waals surface area contributed by atoms with Crippen LogP contribution in [-0.2, 0) is 28.7 Å². The Morgan fingerprint density at radius 3 is 1.27 bits per heavy atom. The predicted octanol–water partition coefficient (Wildman–Crippen LogP) is 2.88. The molecule has 0 fully saturated rings. The highest BCUT2D eigenvalue weighted by molar-refractivity contribution is 6.24. The summed E-state index contributed by atoms with van der Waals surface area (Å²) < 4.78 is 19.4. The number of methoxy groups -OCH3 is 4. The van der Waals surface area contributed by atoms with Crippen LogP contribution in [0.1, 0.15) is 35.8 Å². The van der Waals surface area contributed by atoms with Gasteiger partial charge in [-0.25, -0.2) is 0 Å². The fourth-order valence-electron chi connectivity index (χ4n) is 4.48. The number of hydrogen-bond donors (Lipinski definition) is 4. The molecule has 0 aliphatic heterocycles. The molecule has 0 bridgehead atoms. The Morgan fingerprint density at radius 1 is 0.650 bits per heavy atom. The molecule has 0 unspecified atom stereocenters. The summed E-state index contributed by atoms with van der Waals surface area (Å²) in [6.45, 7) is 0. The van der Waals surface area contributed by atoms with Crippen LogP contribution < -0.4 is 9.47 Å². The van der Waals surface area contributed by atoms with Gasteiger partial charge in [-0.2, -0.15) is 0 Å². The average Bonchev–Trinajstić information content (AvgIpc) is 2.94. The minimum atomic E-state index is -1.33. The van der Waals surface area contributed by atoms with Gasteiger partial charge in [-0.1, -0.05) is 12.1 Å². The standard InChI is InChI=1S/C28H28O12/c1-37-19-7-5-13(9-17(19)29)15(11-21(31)39-3)23-25(33)27(35)24(28(36)26(23)34)16(12-22(32)40-4)14-6-8-20(38-2)18(30)10-14/h5-10,15-16,29-30,33,36H,11-12H2,1-4H3/t15-,16-/m1/s1. The van der Waals surface area contributed by atoms with Crippen molar-refractivity contribution in [3.05, 3.63) is 70.2 Å². The lowest BCUT2D eigenvalue weighted by Gasteiger charge is -2.27. The quantitative estimate of drug-likeness (QED) is 0.248. The first-order valence-electron chi connectivity index (χ1n) is 11.8. The summed E-state index contributed by atoms with van der Waals surface area (Å²) >= 11 is 0. The molecule has 2 aromatic rings. The van der Waals surface area contributed by atoms with Gasteiger partial charge in [0, 0.05) is 11.8 Å². The lowest BCUT2D eigenvalue weighted by molar-refractivity contribution is -0.142. The van der Waals surface area contributed by atoms with E-state index in [1.807, 2.05) is 0 Å². The number of rotatable bonds is 10. The molecule has 4 N–H and O–H groups in total. The van der Waals surface area contributed by atoms with E-state index in [1.54, 1.807) is 0 Å². The Kier molecular flexibility index (Phi) is 9.04. The molecule has 0 radical (unpaired) electrons. The van der Waals surface area contributed by atoms with Gasteiger partial charge in [0.05, 0.1) is 52.4 Å². The first kappa shape index (κ1) is 29.6. The number of ketones is 2. The topological polar surface area (TPSA) is 186 Å². The Bertz CT molecular complexity index is 1310. The molecular formula is C28H28O12. The number of ether oxygens (including phenoxy) is 4. The van der Waals surface area contributed by atoms with Crippen molar-refractivity contribution in [1.29, 1.82) is 0 Å². The highest BCUT2D eigenvalue weighted by Crippen LogP contribution is 2.43. The molecule has 0 saturated carbocycles. The summed E-state index contributed by atoms with van der Waals surface area (Å²) in [5, 5.41) is 42.6. The summed E-state index contributed by atoms with van der Waals surface area (Å²) in [4.78, 5) is 51.6. The Balaban J connectivity index is 2.18. The molecule has 2 atom stereocenters. The van der Waals surface area contributed by atoms with E-state index in [-0.39, 0.29) is 34.1 Å². The number of aliphatic hydroxyl groups excluding tert-OH is 2. The SMILES string of the molecule is COC(=O)C[C@@H](C1=C(O)C(=O)C([C@H](CC(=O)OC)c2ccc(OC)c(O)c2)=C(O)C1=O)c1ccc(OC)c(O)c1. The Labute approximate surface area is 228 Å². The molecule has 1 aliphatic rings. The maximum absolute atomic E-state index is 13.5. The monoisotopic (exact) mass is 556 g/mol. The number of aromatic hydroxyl groups is 2. The van der Waals surface area contributed by atoms with Gasteiger partial charge < -0.3 is 39.4 Å². The van der Waals surface area contributed by atoms with Crippen LogP contribution in [0, 0.1) is 0 Å². The van der Waals surface area contributed by atoms with Crippen LogP contribution >= 0.6 is 0 Å². The second-order valence-electron chi connectivity index (χ2n) is 8.71. The number of hydrogen-bond acceptors (Lipinski definition) is 12. The number of phenols is 2. The van der Waals surface area contributed by atoms with E-state index < -0.39 is 70.8 Å². The Morgan fingerprint density at radius 2 is 1.00 bits per heavy atom. The third-order valence-electron chi connectivity index (χ3n) is 6.53. The van der Waals surface area contributed by atoms with Crippen molar-refractivity contribution in [1.82, 2.24) is 0 Å². The predicted molar refractivity (Wildman–Crippen MR) is 137 cm³/mol. The van der Waals surface area contributed by atoms with Crippen LogP contribution in [0.25, 0.3) is 0 Å². The number of allylic oxidation sites excluding steroid dienone is 2. The molecule has 12 nitrogen and oxygen atoms in total. The van der Waals surface area contributed by atoms with Crippen molar-refractivity contribution >= 4 is 23.5 Å². The summed E-state index contributed by atoms with van der Waals surface area (Å²) in [6, 6.07) is 7.87. The molecule has 0 aromatic heterocycles. The van der Waals surface area contributed by atoms with Crippen LogP contribution in [0.2, 0.25) is 0 Å². The minimum absolute atomic E-state index is 0.0863. The van der Waals surface area contributed by atoms with Crippen molar-refractivity contribution in [3.8, 4) is 23.0 Å². The molecule has 2 aromatic carbocycles. The first-order chi connectivity index (χ1) is 19.0. The molecule has 0 heterocycles. The van der Waals surface area contributed by atoms with E-state index >= 15 is 0 Å². The zero-order valence-corrected chi connectivity index (χ0v) is 22.1. The Hall–Kier alpha value is -5.00. The summed E-state index contributed by atoms with van der Waals surface area (Å²) in [5.74, 6) is -9.32. The highest BCUT2D eigenvalue weighted by Gasteiger charge is 2.43. The fraction of sp³-hybridized carbons (Fsp3) is 0.286. The minimum Gasteiger partial charge on any atom is -0.504 e. The van der Waals surface area contributed by atoms with E-state index in [0.29, 0.717) is 0 Å². The van der Waals surface area contributed by atoms with Gasteiger partial charge in [0.15, 0.2) is 34.5 Å². The first-order valence-corrected chi connectivity index (χ1v) is 11.8. The molecule has 1 aliphatic carbocycles. The van der Waals surface area contributed by atoms with Gasteiger partial charge in [-0.15, -0.1) is 0 Å². The number of Topliss-reactive ketones (excluding diaryl/α,β-unsaturated/α-hetero) is 2. The van der Waals surface area contributed by atoms with Crippen molar-refractivity contribution < 1.29 is 58.6 Å². The van der Waals surface area contributed by atoms with Gasteiger partial charge in [-0.05, 0) is 35.4 Å². The fourth-order valence-corrected chi connectivity index (χ4v) is 4.48. The molecular weight excluding hydrogens is 528 g/mol. The number of aliphatic hydroxyl groups is 2. The maximum Gasteiger partial charge on any atom is 0.306 e. The molecule has 40 heavy (non-hydrogen) atoms. The third-order valence-corrected chi connectivity index (χ3v) is 6.53. The average molecular weight is 557 g/mol. The smallest absolute Gasteiger partial charge is 0.306 e. The molecule has 0 amide bonds. The molecule has 0 spiro atoms. The summed E-state index contributed by atoms with van der Waals surface area (Å²) in [7, 11) is 4.83. The zero-order chi connectivity index (χ0) is 29.7. The van der Waals surface area contributed by atoms with Gasteiger partial charge >= 0.3 is 11.9 Å². The van der Waals surface area contributed by atoms with Crippen molar-refractivity contribution in [2.75, 3.05) is 28.4 Å². The normalized spacial score (nSPS) is 15.0. The third kappa shape index (κ3) is 5.70. The van der Waals surface area contributed by atoms with E-state index in [9.17, 15) is 39.6 Å². The largest absolute Gasteiger partial charge is 0.504 e. The zero-order valence-electron chi connectivity index (χ0n) is 22.1. The van der Waals surface area contributed by atoms with Gasteiger partial charge in [-0.3, -0.25) is 19.2 Å². The van der Waals surface area contributed by atoms with Crippen LogP contribution in [-0.4, -0.2) is 72.4 Å². The van der Waals surface area contributed by atoms with Crippen LogP contribution in [0.15, 0.2) is 59.1 Å². The van der Waals surface area contributed by atoms with Crippen LogP contribution in [0.3, 0.4) is 0 Å². The van der Waals surface area contributed by atoms with E-state index in [2.05, 4.69) is 0 Å². The summed E-state index contributed by atoms with van der Waals surface area (Å²) in [6.07, 6.45) is -1.08. The van der Waals surface area contributed by atoms with E-state index in [1.165, 1.54) is 50.6 Å². The summed E-state index contributed by atoms with van der Waals surface area (Å²) in [5.41, 5.74) is -0.964. The highest BCUT2D eigenvalue weighted by atomic mass is 16.5. The number of phenolic OH excluding ortho intramolecular Hbond substituents is 2. The van der Waals surface area contributed by atoms with Gasteiger partial charge in [0.25, 0.3) is 0 Å². The van der Waals surface area contributed by atoms with Crippen LogP contribution in [0.5, 0.6) is 23.0 Å². The number of carbonyl (C=O) groups is 4. The van der Waals surface area contributed by atoms with Crippen molar-refractivity contribution in [2.45, 2.75) is 24.7 Å². The van der Waals surface area contributed by atoms with Gasteiger partial charge in [0.1, 0.15) is 0 Å². The molecule has 3 rings (SSSR count). The molecule has 12 heteroatoms. The second kappa shape index (κ2) is 12.2. The van der Waals surface area contributed by atoms with Crippen molar-refractivity contribution in [3.63, 3.8) is 0 Å². The lowest BCUT2D eigenvalue weighted by atomic mass is 9.76. The maximum atomic E-state index is 13.5. The second-order valence-corrected chi connectivity index (χ2v) is 8.71. The number of esters is 2. The van der Waals surface area contributed by atoms with Gasteiger partial charge in [0.2, 0.25) is 11.6 Å². The van der Waals surface area contributed by atoms with Crippen molar-refractivity contribution in [2.24, 2.45) is 0 Å².